The van der Waals surface area contributed by atoms with E-state index in [1.807, 2.05) is 6.07 Å². The summed E-state index contributed by atoms with van der Waals surface area (Å²) in [6.07, 6.45) is 0. The standard InChI is InChI=1S/C15H11BrN4O3S/c1-8-6-7-10-14(18-20-17-10)13(8)19-24(21,22)15-12(16)9-4-2-3-5-11(9)23-15/h2-7,19H,1H3,(H,17,18,20). The highest BCUT2D eigenvalue weighted by Crippen LogP contribution is 2.35. The fraction of sp³-hybridized carbons (Fsp3) is 0.0667. The van der Waals surface area contributed by atoms with Crippen molar-refractivity contribution in [3.63, 3.8) is 0 Å². The van der Waals surface area contributed by atoms with Gasteiger partial charge < -0.3 is 4.42 Å². The van der Waals surface area contributed by atoms with Gasteiger partial charge in [0, 0.05) is 5.39 Å². The van der Waals surface area contributed by atoms with E-state index in [-0.39, 0.29) is 5.09 Å². The summed E-state index contributed by atoms with van der Waals surface area (Å²) in [6, 6.07) is 10.6. The lowest BCUT2D eigenvalue weighted by atomic mass is 10.2. The maximum Gasteiger partial charge on any atom is 0.296 e. The number of hydrogen-bond donors (Lipinski definition) is 2. The van der Waals surface area contributed by atoms with E-state index in [2.05, 4.69) is 36.1 Å². The van der Waals surface area contributed by atoms with Crippen molar-refractivity contribution >= 4 is 53.6 Å². The number of aromatic amines is 1. The van der Waals surface area contributed by atoms with E-state index in [1.54, 1.807) is 37.3 Å². The van der Waals surface area contributed by atoms with Gasteiger partial charge in [-0.1, -0.05) is 18.2 Å². The molecule has 0 bridgehead atoms. The second-order valence-corrected chi connectivity index (χ2v) is 7.63. The van der Waals surface area contributed by atoms with Crippen LogP contribution in [0.4, 0.5) is 5.69 Å². The number of furan rings is 1. The van der Waals surface area contributed by atoms with Crippen LogP contribution in [0.2, 0.25) is 0 Å². The molecule has 0 saturated heterocycles. The monoisotopic (exact) mass is 406 g/mol. The van der Waals surface area contributed by atoms with Gasteiger partial charge in [0.2, 0.25) is 0 Å². The summed E-state index contributed by atoms with van der Waals surface area (Å²) in [5.41, 5.74) is 2.61. The molecular weight excluding hydrogens is 396 g/mol. The highest BCUT2D eigenvalue weighted by atomic mass is 79.9. The second kappa shape index (κ2) is 5.32. The number of para-hydroxylation sites is 1. The average molecular weight is 407 g/mol. The van der Waals surface area contributed by atoms with Crippen LogP contribution in [0.15, 0.2) is 50.4 Å². The van der Waals surface area contributed by atoms with Crippen molar-refractivity contribution in [2.75, 3.05) is 4.72 Å². The lowest BCUT2D eigenvalue weighted by Gasteiger charge is -2.09. The van der Waals surface area contributed by atoms with E-state index in [0.29, 0.717) is 32.2 Å². The smallest absolute Gasteiger partial charge is 0.296 e. The zero-order valence-electron chi connectivity index (χ0n) is 12.4. The van der Waals surface area contributed by atoms with Gasteiger partial charge in [-0.25, -0.2) is 0 Å². The second-order valence-electron chi connectivity index (χ2n) is 5.25. The Bertz CT molecular complexity index is 1180. The summed E-state index contributed by atoms with van der Waals surface area (Å²) in [6.45, 7) is 1.79. The molecule has 0 aliphatic heterocycles. The molecule has 24 heavy (non-hydrogen) atoms. The number of benzene rings is 2. The van der Waals surface area contributed by atoms with Crippen LogP contribution in [-0.2, 0) is 10.0 Å². The summed E-state index contributed by atoms with van der Waals surface area (Å²) in [4.78, 5) is 0. The molecule has 0 aliphatic carbocycles. The zero-order chi connectivity index (χ0) is 16.9. The molecule has 0 fully saturated rings. The molecule has 0 unspecified atom stereocenters. The summed E-state index contributed by atoms with van der Waals surface area (Å²) in [5.74, 6) is 0. The zero-order valence-corrected chi connectivity index (χ0v) is 14.8. The number of rotatable bonds is 3. The van der Waals surface area contributed by atoms with E-state index in [1.165, 1.54) is 0 Å². The first kappa shape index (κ1) is 15.2. The molecule has 0 atom stereocenters. The molecule has 2 aromatic heterocycles. The van der Waals surface area contributed by atoms with E-state index in [4.69, 9.17) is 4.42 Å². The summed E-state index contributed by atoms with van der Waals surface area (Å²) >= 11 is 3.31. The van der Waals surface area contributed by atoms with Gasteiger partial charge in [-0.15, -0.1) is 0 Å². The average Bonchev–Trinajstić information content (AvgIpc) is 3.16. The van der Waals surface area contributed by atoms with Gasteiger partial charge in [0.1, 0.15) is 16.6 Å². The first-order chi connectivity index (χ1) is 11.5. The van der Waals surface area contributed by atoms with Crippen LogP contribution < -0.4 is 4.72 Å². The lowest BCUT2D eigenvalue weighted by molar-refractivity contribution is 0.480. The van der Waals surface area contributed by atoms with E-state index < -0.39 is 10.0 Å². The number of nitrogens with one attached hydrogen (secondary N) is 2. The molecule has 0 radical (unpaired) electrons. The van der Waals surface area contributed by atoms with Crippen molar-refractivity contribution in [2.45, 2.75) is 12.0 Å². The number of nitrogens with zero attached hydrogens (tertiary/aromatic N) is 2. The van der Waals surface area contributed by atoms with Crippen molar-refractivity contribution in [1.29, 1.82) is 0 Å². The van der Waals surface area contributed by atoms with Gasteiger partial charge in [-0.05, 0) is 46.6 Å². The molecule has 2 aromatic carbocycles. The maximum absolute atomic E-state index is 12.8. The number of fused-ring (bicyclic) bond motifs is 2. The highest BCUT2D eigenvalue weighted by Gasteiger charge is 2.26. The van der Waals surface area contributed by atoms with Crippen LogP contribution in [-0.4, -0.2) is 23.8 Å². The number of anilines is 1. The number of halogens is 1. The summed E-state index contributed by atoms with van der Waals surface area (Å²) in [7, 11) is -3.94. The number of aryl methyl sites for hydroxylation is 1. The Labute approximate surface area is 145 Å². The van der Waals surface area contributed by atoms with Gasteiger partial charge in [-0.2, -0.15) is 23.8 Å². The molecular formula is C15H11BrN4O3S. The van der Waals surface area contributed by atoms with E-state index in [9.17, 15) is 8.42 Å². The minimum absolute atomic E-state index is 0.177. The third kappa shape index (κ3) is 2.28. The quantitative estimate of drug-likeness (QED) is 0.541. The number of aromatic nitrogens is 3. The minimum atomic E-state index is -3.94. The van der Waals surface area contributed by atoms with Gasteiger partial charge in [0.05, 0.1) is 10.2 Å². The Hall–Kier alpha value is -2.39. The number of hydrogen-bond acceptors (Lipinski definition) is 5. The largest absolute Gasteiger partial charge is 0.442 e. The van der Waals surface area contributed by atoms with Gasteiger partial charge >= 0.3 is 0 Å². The van der Waals surface area contributed by atoms with Crippen LogP contribution in [0, 0.1) is 6.92 Å². The Morgan fingerprint density at radius 3 is 2.75 bits per heavy atom. The molecule has 0 aliphatic rings. The molecule has 4 aromatic rings. The highest BCUT2D eigenvalue weighted by molar-refractivity contribution is 9.10. The third-order valence-electron chi connectivity index (χ3n) is 3.68. The predicted molar refractivity (Wildman–Crippen MR) is 93.3 cm³/mol. The molecule has 2 heterocycles. The topological polar surface area (TPSA) is 101 Å². The van der Waals surface area contributed by atoms with Crippen LogP contribution in [0.25, 0.3) is 22.0 Å². The fourth-order valence-corrected chi connectivity index (χ4v) is 4.70. The van der Waals surface area contributed by atoms with Crippen molar-refractivity contribution in [3.05, 3.63) is 46.4 Å². The first-order valence-corrected chi connectivity index (χ1v) is 9.25. The lowest BCUT2D eigenvalue weighted by Crippen LogP contribution is -2.14. The third-order valence-corrected chi connectivity index (χ3v) is 5.98. The van der Waals surface area contributed by atoms with Crippen molar-refractivity contribution in [1.82, 2.24) is 15.4 Å². The SMILES string of the molecule is Cc1ccc2n[nH]nc2c1NS(=O)(=O)c1oc2ccccc2c1Br. The van der Waals surface area contributed by atoms with E-state index in [0.717, 1.165) is 5.56 Å². The molecule has 2 N–H and O–H groups in total. The summed E-state index contributed by atoms with van der Waals surface area (Å²) < 4.78 is 34.1. The molecule has 0 amide bonds. The first-order valence-electron chi connectivity index (χ1n) is 6.97. The molecule has 122 valence electrons. The van der Waals surface area contributed by atoms with Gasteiger partial charge in [0.25, 0.3) is 15.1 Å². The van der Waals surface area contributed by atoms with Gasteiger partial charge in [0.15, 0.2) is 0 Å². The van der Waals surface area contributed by atoms with Crippen LogP contribution in [0.1, 0.15) is 5.56 Å². The molecule has 7 nitrogen and oxygen atoms in total. The predicted octanol–water partition coefficient (Wildman–Crippen LogP) is 3.58. The Balaban J connectivity index is 1.87. The van der Waals surface area contributed by atoms with Crippen LogP contribution in [0.5, 0.6) is 0 Å². The molecule has 0 saturated carbocycles. The van der Waals surface area contributed by atoms with Crippen LogP contribution in [0.3, 0.4) is 0 Å². The summed E-state index contributed by atoms with van der Waals surface area (Å²) in [5, 5.41) is 11.0. The van der Waals surface area contributed by atoms with Crippen molar-refractivity contribution in [3.8, 4) is 0 Å². The molecule has 4 rings (SSSR count). The minimum Gasteiger partial charge on any atom is -0.442 e. The molecule has 9 heteroatoms. The van der Waals surface area contributed by atoms with Gasteiger partial charge in [-0.3, -0.25) is 4.72 Å². The number of sulfonamides is 1. The Kier molecular flexibility index (Phi) is 3.36. The van der Waals surface area contributed by atoms with Crippen molar-refractivity contribution < 1.29 is 12.8 Å². The molecule has 0 spiro atoms. The number of H-pyrrole nitrogens is 1. The van der Waals surface area contributed by atoms with E-state index >= 15 is 0 Å². The maximum atomic E-state index is 12.8. The Morgan fingerprint density at radius 1 is 1.17 bits per heavy atom. The van der Waals surface area contributed by atoms with Crippen molar-refractivity contribution in [2.24, 2.45) is 0 Å². The normalized spacial score (nSPS) is 12.1. The van der Waals surface area contributed by atoms with Crippen LogP contribution >= 0.6 is 15.9 Å². The Morgan fingerprint density at radius 2 is 1.96 bits per heavy atom. The fourth-order valence-electron chi connectivity index (χ4n) is 2.49.